The van der Waals surface area contributed by atoms with Gasteiger partial charge in [0.05, 0.1) is 5.69 Å². The van der Waals surface area contributed by atoms with E-state index >= 15 is 0 Å². The summed E-state index contributed by atoms with van der Waals surface area (Å²) in [6, 6.07) is 11.6. The lowest BCUT2D eigenvalue weighted by Gasteiger charge is -2.02. The van der Waals surface area contributed by atoms with Gasteiger partial charge in [0.25, 0.3) is 0 Å². The van der Waals surface area contributed by atoms with Gasteiger partial charge in [0.15, 0.2) is 0 Å². The Morgan fingerprint density at radius 1 is 1.09 bits per heavy atom. The van der Waals surface area contributed by atoms with Crippen LogP contribution in [-0.2, 0) is 11.2 Å². The second kappa shape index (κ2) is 8.31. The van der Waals surface area contributed by atoms with Crippen molar-refractivity contribution in [3.05, 3.63) is 53.6 Å². The standard InChI is InChI=1S/C9H12N2O2.C7H7NO/c10-7-5-6(1-3-8(7)12)2-4-9(11)13;8-7-3-1-6(5-9)2-4-7/h1,3,5,12H,2,4,10H2,(H2,11,13);1-5H,8H2. The minimum Gasteiger partial charge on any atom is -0.506 e. The molecule has 0 heterocycles. The van der Waals surface area contributed by atoms with E-state index in [9.17, 15) is 9.59 Å². The Balaban J connectivity index is 0.000000235. The topological polar surface area (TPSA) is 132 Å². The number of aryl methyl sites for hydroxylation is 1. The van der Waals surface area contributed by atoms with E-state index < -0.39 is 0 Å². The molecular formula is C16H19N3O3. The van der Waals surface area contributed by atoms with Gasteiger partial charge in [-0.1, -0.05) is 6.07 Å². The Morgan fingerprint density at radius 3 is 2.23 bits per heavy atom. The van der Waals surface area contributed by atoms with Gasteiger partial charge >= 0.3 is 0 Å². The lowest BCUT2D eigenvalue weighted by Crippen LogP contribution is -2.11. The highest BCUT2D eigenvalue weighted by Gasteiger charge is 2.00. The Kier molecular flexibility index (Phi) is 6.43. The summed E-state index contributed by atoms with van der Waals surface area (Å²) >= 11 is 0. The van der Waals surface area contributed by atoms with Crippen LogP contribution in [0.4, 0.5) is 11.4 Å². The van der Waals surface area contributed by atoms with E-state index in [1.54, 1.807) is 36.4 Å². The quantitative estimate of drug-likeness (QED) is 0.385. The van der Waals surface area contributed by atoms with Gasteiger partial charge in [-0.2, -0.15) is 0 Å². The second-order valence-electron chi connectivity index (χ2n) is 4.64. The summed E-state index contributed by atoms with van der Waals surface area (Å²) in [6.45, 7) is 0. The van der Waals surface area contributed by atoms with E-state index in [1.165, 1.54) is 6.07 Å². The average molecular weight is 301 g/mol. The van der Waals surface area contributed by atoms with Crippen molar-refractivity contribution in [1.82, 2.24) is 0 Å². The summed E-state index contributed by atoms with van der Waals surface area (Å²) < 4.78 is 0. The number of hydrogen-bond donors (Lipinski definition) is 4. The minimum atomic E-state index is -0.341. The van der Waals surface area contributed by atoms with E-state index in [1.807, 2.05) is 0 Å². The van der Waals surface area contributed by atoms with Gasteiger partial charge in [-0.05, 0) is 48.4 Å². The Morgan fingerprint density at radius 2 is 1.73 bits per heavy atom. The van der Waals surface area contributed by atoms with E-state index in [4.69, 9.17) is 22.3 Å². The van der Waals surface area contributed by atoms with Crippen LogP contribution < -0.4 is 17.2 Å². The maximum atomic E-state index is 10.5. The van der Waals surface area contributed by atoms with Crippen LogP contribution in [0.2, 0.25) is 0 Å². The molecule has 0 aliphatic rings. The van der Waals surface area contributed by atoms with Crippen LogP contribution in [0.5, 0.6) is 5.75 Å². The Bertz CT molecular complexity index is 640. The Hall–Kier alpha value is -3.02. The molecule has 1 amide bonds. The maximum absolute atomic E-state index is 10.5. The molecular weight excluding hydrogens is 282 g/mol. The highest BCUT2D eigenvalue weighted by molar-refractivity contribution is 5.75. The molecule has 6 heteroatoms. The molecule has 0 fully saturated rings. The minimum absolute atomic E-state index is 0.0582. The van der Waals surface area contributed by atoms with Crippen molar-refractivity contribution < 1.29 is 14.7 Å². The Labute approximate surface area is 128 Å². The first-order valence-corrected chi connectivity index (χ1v) is 6.58. The number of aromatic hydroxyl groups is 1. The number of anilines is 2. The zero-order valence-corrected chi connectivity index (χ0v) is 12.0. The first kappa shape index (κ1) is 17.0. The fraction of sp³-hybridized carbons (Fsp3) is 0.125. The van der Waals surface area contributed by atoms with Gasteiger partial charge in [0.1, 0.15) is 12.0 Å². The summed E-state index contributed by atoms with van der Waals surface area (Å²) in [6.07, 6.45) is 1.64. The maximum Gasteiger partial charge on any atom is 0.217 e. The van der Waals surface area contributed by atoms with Crippen molar-refractivity contribution in [2.45, 2.75) is 12.8 Å². The van der Waals surface area contributed by atoms with E-state index in [-0.39, 0.29) is 11.7 Å². The number of benzene rings is 2. The first-order valence-electron chi connectivity index (χ1n) is 6.58. The van der Waals surface area contributed by atoms with Crippen molar-refractivity contribution in [2.75, 3.05) is 11.5 Å². The number of phenols is 1. The van der Waals surface area contributed by atoms with Crippen LogP contribution in [0.15, 0.2) is 42.5 Å². The smallest absolute Gasteiger partial charge is 0.217 e. The molecule has 116 valence electrons. The number of carbonyl (C=O) groups is 2. The second-order valence-corrected chi connectivity index (χ2v) is 4.64. The number of hydrogen-bond acceptors (Lipinski definition) is 5. The van der Waals surface area contributed by atoms with Gasteiger partial charge in [-0.25, -0.2) is 0 Å². The molecule has 0 bridgehead atoms. The molecule has 0 aliphatic heterocycles. The normalized spacial score (nSPS) is 9.45. The molecule has 0 saturated carbocycles. The highest BCUT2D eigenvalue weighted by Crippen LogP contribution is 2.20. The van der Waals surface area contributed by atoms with E-state index in [0.29, 0.717) is 29.8 Å². The number of nitrogen functional groups attached to an aromatic ring is 2. The van der Waals surface area contributed by atoms with Gasteiger partial charge < -0.3 is 22.3 Å². The molecule has 0 aromatic heterocycles. The molecule has 2 aromatic carbocycles. The van der Waals surface area contributed by atoms with Crippen LogP contribution in [0, 0.1) is 0 Å². The van der Waals surface area contributed by atoms with E-state index in [0.717, 1.165) is 11.8 Å². The molecule has 2 rings (SSSR count). The average Bonchev–Trinajstić information content (AvgIpc) is 2.50. The van der Waals surface area contributed by atoms with Crippen molar-refractivity contribution in [2.24, 2.45) is 5.73 Å². The lowest BCUT2D eigenvalue weighted by atomic mass is 10.1. The molecule has 2 aromatic rings. The number of rotatable bonds is 4. The number of aldehydes is 1. The zero-order valence-electron chi connectivity index (χ0n) is 12.0. The van der Waals surface area contributed by atoms with Crippen molar-refractivity contribution in [3.63, 3.8) is 0 Å². The predicted octanol–water partition coefficient (Wildman–Crippen LogP) is 1.47. The molecule has 0 aliphatic carbocycles. The van der Waals surface area contributed by atoms with Gasteiger partial charge in [0, 0.05) is 17.7 Å². The summed E-state index contributed by atoms with van der Waals surface area (Å²) in [5, 5.41) is 9.10. The number of primary amides is 1. The van der Waals surface area contributed by atoms with Gasteiger partial charge in [0.2, 0.25) is 5.91 Å². The summed E-state index contributed by atoms with van der Waals surface area (Å²) in [4.78, 5) is 20.5. The van der Waals surface area contributed by atoms with Crippen LogP contribution in [0.25, 0.3) is 0 Å². The number of phenolic OH excluding ortho intramolecular Hbond substituents is 1. The summed E-state index contributed by atoms with van der Waals surface area (Å²) in [5.74, 6) is -0.283. The van der Waals surface area contributed by atoms with Crippen LogP contribution >= 0.6 is 0 Å². The largest absolute Gasteiger partial charge is 0.506 e. The zero-order chi connectivity index (χ0) is 16.5. The summed E-state index contributed by atoms with van der Waals surface area (Å²) in [5.41, 5.74) is 18.4. The molecule has 0 unspecified atom stereocenters. The van der Waals surface area contributed by atoms with Crippen LogP contribution in [0.1, 0.15) is 22.3 Å². The van der Waals surface area contributed by atoms with Crippen molar-refractivity contribution in [3.8, 4) is 5.75 Å². The van der Waals surface area contributed by atoms with Crippen LogP contribution in [-0.4, -0.2) is 17.3 Å². The highest BCUT2D eigenvalue weighted by atomic mass is 16.3. The van der Waals surface area contributed by atoms with Gasteiger partial charge in [-0.15, -0.1) is 0 Å². The third-order valence-electron chi connectivity index (χ3n) is 2.82. The number of amides is 1. The summed E-state index contributed by atoms with van der Waals surface area (Å²) in [7, 11) is 0. The third kappa shape index (κ3) is 5.96. The molecule has 0 atom stereocenters. The van der Waals surface area contributed by atoms with Gasteiger partial charge in [-0.3, -0.25) is 9.59 Å². The van der Waals surface area contributed by atoms with E-state index in [2.05, 4.69) is 0 Å². The molecule has 0 spiro atoms. The predicted molar refractivity (Wildman–Crippen MR) is 86.3 cm³/mol. The monoisotopic (exact) mass is 301 g/mol. The van der Waals surface area contributed by atoms with Crippen molar-refractivity contribution in [1.29, 1.82) is 0 Å². The molecule has 22 heavy (non-hydrogen) atoms. The molecule has 0 saturated heterocycles. The number of carbonyl (C=O) groups excluding carboxylic acids is 2. The third-order valence-corrected chi connectivity index (χ3v) is 2.82. The lowest BCUT2D eigenvalue weighted by molar-refractivity contribution is -0.117. The number of nitrogens with two attached hydrogens (primary N) is 3. The fourth-order valence-electron chi connectivity index (χ4n) is 1.60. The molecule has 6 nitrogen and oxygen atoms in total. The molecule has 7 N–H and O–H groups in total. The van der Waals surface area contributed by atoms with Crippen molar-refractivity contribution >= 4 is 23.6 Å². The first-order chi connectivity index (χ1) is 10.4. The molecule has 0 radical (unpaired) electrons. The SMILES string of the molecule is NC(=O)CCc1ccc(O)c(N)c1.Nc1ccc(C=O)cc1. The van der Waals surface area contributed by atoms with Crippen LogP contribution in [0.3, 0.4) is 0 Å². The fourth-order valence-corrected chi connectivity index (χ4v) is 1.60.